The zero-order chi connectivity index (χ0) is 6.10. The Hall–Kier alpha value is -1.25. The molecular weight excluding hydrogens is 116 g/mol. The van der Waals surface area contributed by atoms with Crippen molar-refractivity contribution in [2.75, 3.05) is 0 Å². The third-order valence-electron chi connectivity index (χ3n) is 1.28. The molecule has 0 N–H and O–H groups in total. The fraction of sp³-hybridized carbons (Fsp3) is 0.167. The molecule has 0 aliphatic carbocycles. The van der Waals surface area contributed by atoms with Gasteiger partial charge in [-0.2, -0.15) is 5.10 Å². The first-order valence-electron chi connectivity index (χ1n) is 2.77. The van der Waals surface area contributed by atoms with Gasteiger partial charge in [0.15, 0.2) is 6.73 Å². The highest BCUT2D eigenvalue weighted by Crippen LogP contribution is 2.06. The van der Waals surface area contributed by atoms with Crippen molar-refractivity contribution in [1.29, 1.82) is 0 Å². The van der Waals surface area contributed by atoms with Gasteiger partial charge in [0.25, 0.3) is 0 Å². The number of ether oxygens (including phenoxy) is 1. The molecule has 1 aliphatic heterocycles. The first-order valence-corrected chi connectivity index (χ1v) is 2.77. The van der Waals surface area contributed by atoms with Crippen LogP contribution in [0.3, 0.4) is 0 Å². The molecule has 1 aromatic heterocycles. The first kappa shape index (κ1) is 4.61. The summed E-state index contributed by atoms with van der Waals surface area (Å²) < 4.78 is 6.77. The summed E-state index contributed by atoms with van der Waals surface area (Å²) in [6, 6.07) is 1.94. The number of aromatic nitrogens is 2. The number of fused-ring (bicyclic) bond motifs is 1. The van der Waals surface area contributed by atoms with Crippen LogP contribution in [0.4, 0.5) is 0 Å². The van der Waals surface area contributed by atoms with Crippen molar-refractivity contribution < 1.29 is 4.74 Å². The van der Waals surface area contributed by atoms with Gasteiger partial charge in [0.2, 0.25) is 0 Å². The molecule has 0 bridgehead atoms. The predicted octanol–water partition coefficient (Wildman–Crippen LogP) is 0.842. The normalized spacial score (nSPS) is 14.7. The minimum Gasteiger partial charge on any atom is -0.479 e. The van der Waals surface area contributed by atoms with E-state index in [2.05, 4.69) is 5.10 Å². The van der Waals surface area contributed by atoms with Crippen molar-refractivity contribution in [3.05, 3.63) is 24.2 Å². The second-order valence-electron chi connectivity index (χ2n) is 1.85. The highest BCUT2D eigenvalue weighted by atomic mass is 16.5. The molecule has 1 aliphatic rings. The van der Waals surface area contributed by atoms with Gasteiger partial charge in [-0.05, 0) is 12.1 Å². The fourth-order valence-corrected chi connectivity index (χ4v) is 0.824. The molecule has 9 heavy (non-hydrogen) atoms. The Morgan fingerprint density at radius 2 is 2.67 bits per heavy atom. The Bertz CT molecular complexity index is 239. The van der Waals surface area contributed by atoms with Crippen LogP contribution in [0.5, 0.6) is 0 Å². The van der Waals surface area contributed by atoms with Gasteiger partial charge in [0.05, 0.1) is 12.0 Å². The van der Waals surface area contributed by atoms with E-state index >= 15 is 0 Å². The summed E-state index contributed by atoms with van der Waals surface area (Å²) >= 11 is 0. The van der Waals surface area contributed by atoms with E-state index in [0.29, 0.717) is 6.73 Å². The molecule has 0 saturated heterocycles. The fourth-order valence-electron chi connectivity index (χ4n) is 0.824. The van der Waals surface area contributed by atoms with E-state index in [4.69, 9.17) is 4.74 Å². The van der Waals surface area contributed by atoms with E-state index in [-0.39, 0.29) is 0 Å². The standard InChI is InChI=1S/C6H6N2O/c1-3-7-8-5-9-4-2-6(1)8/h1-4H,5H2. The van der Waals surface area contributed by atoms with Crippen LogP contribution in [0.25, 0.3) is 6.08 Å². The lowest BCUT2D eigenvalue weighted by molar-refractivity contribution is 0.157. The Morgan fingerprint density at radius 1 is 1.67 bits per heavy atom. The van der Waals surface area contributed by atoms with Gasteiger partial charge in [-0.15, -0.1) is 0 Å². The molecule has 0 amide bonds. The van der Waals surface area contributed by atoms with Crippen LogP contribution in [-0.4, -0.2) is 9.78 Å². The summed E-state index contributed by atoms with van der Waals surface area (Å²) in [5.74, 6) is 0. The van der Waals surface area contributed by atoms with Crippen molar-refractivity contribution in [3.63, 3.8) is 0 Å². The van der Waals surface area contributed by atoms with E-state index in [9.17, 15) is 0 Å². The minimum absolute atomic E-state index is 0.541. The van der Waals surface area contributed by atoms with Gasteiger partial charge in [0.1, 0.15) is 0 Å². The molecule has 0 spiro atoms. The number of rotatable bonds is 0. The Labute approximate surface area is 52.6 Å². The predicted molar refractivity (Wildman–Crippen MR) is 32.3 cm³/mol. The third kappa shape index (κ3) is 0.614. The van der Waals surface area contributed by atoms with E-state index in [1.807, 2.05) is 12.1 Å². The largest absolute Gasteiger partial charge is 0.479 e. The zero-order valence-electron chi connectivity index (χ0n) is 4.82. The number of nitrogens with zero attached hydrogens (tertiary/aromatic N) is 2. The molecular formula is C6H6N2O. The molecule has 3 nitrogen and oxygen atoms in total. The number of hydrogen-bond donors (Lipinski definition) is 0. The first-order chi connectivity index (χ1) is 4.47. The maximum atomic E-state index is 4.97. The maximum absolute atomic E-state index is 4.97. The smallest absolute Gasteiger partial charge is 0.180 e. The van der Waals surface area contributed by atoms with Crippen LogP contribution in [-0.2, 0) is 11.5 Å². The van der Waals surface area contributed by atoms with Crippen LogP contribution < -0.4 is 0 Å². The van der Waals surface area contributed by atoms with E-state index < -0.39 is 0 Å². The van der Waals surface area contributed by atoms with Crippen molar-refractivity contribution in [3.8, 4) is 0 Å². The summed E-state index contributed by atoms with van der Waals surface area (Å²) in [4.78, 5) is 0. The summed E-state index contributed by atoms with van der Waals surface area (Å²) in [5, 5.41) is 4.00. The topological polar surface area (TPSA) is 27.1 Å². The highest BCUT2D eigenvalue weighted by molar-refractivity contribution is 5.43. The van der Waals surface area contributed by atoms with Gasteiger partial charge in [-0.25, -0.2) is 4.68 Å². The monoisotopic (exact) mass is 122 g/mol. The molecule has 0 unspecified atom stereocenters. The molecule has 0 aromatic carbocycles. The lowest BCUT2D eigenvalue weighted by Gasteiger charge is -2.07. The van der Waals surface area contributed by atoms with Crippen molar-refractivity contribution in [2.45, 2.75) is 6.73 Å². The van der Waals surface area contributed by atoms with Gasteiger partial charge in [-0.3, -0.25) is 0 Å². The van der Waals surface area contributed by atoms with E-state index in [0.717, 1.165) is 5.69 Å². The molecule has 1 aromatic rings. The Balaban J connectivity index is 2.53. The highest BCUT2D eigenvalue weighted by Gasteiger charge is 2.00. The Morgan fingerprint density at radius 3 is 3.56 bits per heavy atom. The summed E-state index contributed by atoms with van der Waals surface area (Å²) in [6.07, 6.45) is 5.32. The third-order valence-corrected chi connectivity index (χ3v) is 1.28. The van der Waals surface area contributed by atoms with Gasteiger partial charge in [-0.1, -0.05) is 0 Å². The SMILES string of the molecule is C1=Cc2ccnn2CO1. The molecule has 3 heteroatoms. The lowest BCUT2D eigenvalue weighted by atomic mass is 10.4. The van der Waals surface area contributed by atoms with E-state index in [1.54, 1.807) is 17.1 Å². The van der Waals surface area contributed by atoms with Crippen LogP contribution >= 0.6 is 0 Å². The van der Waals surface area contributed by atoms with Crippen molar-refractivity contribution >= 4 is 6.08 Å². The Kier molecular flexibility index (Phi) is 0.828. The van der Waals surface area contributed by atoms with Gasteiger partial charge < -0.3 is 4.74 Å². The average molecular weight is 122 g/mol. The number of hydrogen-bond acceptors (Lipinski definition) is 2. The summed E-state index contributed by atoms with van der Waals surface area (Å²) in [7, 11) is 0. The second-order valence-corrected chi connectivity index (χ2v) is 1.85. The van der Waals surface area contributed by atoms with Gasteiger partial charge in [0, 0.05) is 6.20 Å². The molecule has 2 heterocycles. The van der Waals surface area contributed by atoms with Crippen molar-refractivity contribution in [1.82, 2.24) is 9.78 Å². The molecule has 46 valence electrons. The van der Waals surface area contributed by atoms with Crippen molar-refractivity contribution in [2.24, 2.45) is 0 Å². The summed E-state index contributed by atoms with van der Waals surface area (Å²) in [5.41, 5.74) is 1.10. The van der Waals surface area contributed by atoms with Crippen LogP contribution in [0.2, 0.25) is 0 Å². The average Bonchev–Trinajstić information content (AvgIpc) is 2.33. The van der Waals surface area contributed by atoms with Crippen LogP contribution in [0, 0.1) is 0 Å². The lowest BCUT2D eigenvalue weighted by Crippen LogP contribution is -2.06. The molecule has 0 saturated carbocycles. The van der Waals surface area contributed by atoms with Gasteiger partial charge >= 0.3 is 0 Å². The zero-order valence-corrected chi connectivity index (χ0v) is 4.82. The molecule has 2 rings (SSSR count). The minimum atomic E-state index is 0.541. The van der Waals surface area contributed by atoms with E-state index in [1.165, 1.54) is 0 Å². The quantitative estimate of drug-likeness (QED) is 0.510. The molecule has 0 atom stereocenters. The molecule has 0 radical (unpaired) electrons. The maximum Gasteiger partial charge on any atom is 0.180 e. The van der Waals surface area contributed by atoms with Crippen LogP contribution in [0.1, 0.15) is 5.69 Å². The molecule has 0 fully saturated rings. The second kappa shape index (κ2) is 1.62. The van der Waals surface area contributed by atoms with Crippen LogP contribution in [0.15, 0.2) is 18.5 Å². The summed E-state index contributed by atoms with van der Waals surface area (Å²) in [6.45, 7) is 0.541.